The van der Waals surface area contributed by atoms with Gasteiger partial charge in [-0.3, -0.25) is 0 Å². The van der Waals surface area contributed by atoms with Crippen molar-refractivity contribution in [2.24, 2.45) is 0 Å². The summed E-state index contributed by atoms with van der Waals surface area (Å²) in [7, 11) is -2.01. The summed E-state index contributed by atoms with van der Waals surface area (Å²) >= 11 is 0. The monoisotopic (exact) mass is 447 g/mol. The average molecular weight is 448 g/mol. The van der Waals surface area contributed by atoms with Crippen LogP contribution in [0.4, 0.5) is 13.2 Å². The number of hydrogen-bond donors (Lipinski definition) is 0. The molecule has 3 aromatic rings. The van der Waals surface area contributed by atoms with Crippen LogP contribution in [-0.2, 0) is 23.6 Å². The summed E-state index contributed by atoms with van der Waals surface area (Å²) in [6.45, 7) is 11.1. The molecule has 3 rings (SSSR count). The van der Waals surface area contributed by atoms with E-state index in [9.17, 15) is 13.2 Å². The van der Waals surface area contributed by atoms with Crippen molar-refractivity contribution in [3.8, 4) is 11.3 Å². The van der Waals surface area contributed by atoms with Crippen LogP contribution in [-0.4, -0.2) is 13.5 Å². The fourth-order valence-corrected chi connectivity index (χ4v) is 3.87. The lowest BCUT2D eigenvalue weighted by molar-refractivity contribution is -0.137. The fraction of sp³-hybridized carbons (Fsp3) is 0.375. The number of aromatic nitrogens is 1. The van der Waals surface area contributed by atoms with Gasteiger partial charge in [-0.1, -0.05) is 68.4 Å². The Hall–Kier alpha value is -2.38. The standard InChI is InChI=1S/C24H28F3NO2Si/c1-23(2,3)31(4,5)29-16-21-20(15-17-9-7-6-8-10-17)22(30-28-21)18-11-13-19(14-12-18)24(25,26)27/h6-14H,15-16H2,1-5H3. The number of alkyl halides is 3. The third-order valence-electron chi connectivity index (χ3n) is 5.94. The summed E-state index contributed by atoms with van der Waals surface area (Å²) in [5.74, 6) is 0.478. The summed E-state index contributed by atoms with van der Waals surface area (Å²) in [6.07, 6.45) is -3.83. The molecule has 0 aliphatic rings. The smallest absolute Gasteiger partial charge is 0.411 e. The molecule has 166 valence electrons. The molecule has 0 atom stereocenters. The first-order valence-electron chi connectivity index (χ1n) is 10.2. The molecule has 1 heterocycles. The van der Waals surface area contributed by atoms with Crippen molar-refractivity contribution in [2.75, 3.05) is 0 Å². The van der Waals surface area contributed by atoms with E-state index in [0.717, 1.165) is 23.3 Å². The highest BCUT2D eigenvalue weighted by molar-refractivity contribution is 6.74. The number of halogens is 3. The molecule has 0 radical (unpaired) electrons. The molecule has 31 heavy (non-hydrogen) atoms. The summed E-state index contributed by atoms with van der Waals surface area (Å²) in [5, 5.41) is 4.29. The highest BCUT2D eigenvalue weighted by Crippen LogP contribution is 2.38. The number of rotatable bonds is 6. The molecule has 0 bridgehead atoms. The Labute approximate surface area is 182 Å². The SMILES string of the molecule is CC(C)(C)[Si](C)(C)OCc1noc(-c2ccc(C(F)(F)F)cc2)c1Cc1ccccc1. The molecule has 0 aliphatic carbocycles. The maximum Gasteiger partial charge on any atom is 0.416 e. The van der Waals surface area contributed by atoms with Crippen LogP contribution in [0.1, 0.15) is 43.2 Å². The molecule has 0 N–H and O–H groups in total. The van der Waals surface area contributed by atoms with Gasteiger partial charge in [-0.05, 0) is 35.8 Å². The van der Waals surface area contributed by atoms with Crippen molar-refractivity contribution in [3.05, 3.63) is 77.0 Å². The van der Waals surface area contributed by atoms with Gasteiger partial charge >= 0.3 is 6.18 Å². The molecule has 3 nitrogen and oxygen atoms in total. The lowest BCUT2D eigenvalue weighted by Gasteiger charge is -2.35. The van der Waals surface area contributed by atoms with E-state index in [4.69, 9.17) is 8.95 Å². The predicted octanol–water partition coefficient (Wildman–Crippen LogP) is 7.47. The highest BCUT2D eigenvalue weighted by Gasteiger charge is 2.37. The Morgan fingerprint density at radius 1 is 0.935 bits per heavy atom. The van der Waals surface area contributed by atoms with E-state index in [1.54, 1.807) is 0 Å². The van der Waals surface area contributed by atoms with Crippen LogP contribution in [0.5, 0.6) is 0 Å². The van der Waals surface area contributed by atoms with Crippen molar-refractivity contribution in [2.45, 2.75) is 58.1 Å². The quantitative estimate of drug-likeness (QED) is 0.368. The zero-order valence-corrected chi connectivity index (χ0v) is 19.5. The van der Waals surface area contributed by atoms with Crippen molar-refractivity contribution >= 4 is 8.32 Å². The Kier molecular flexibility index (Phi) is 6.48. The summed E-state index contributed by atoms with van der Waals surface area (Å²) in [5.41, 5.74) is 2.45. The fourth-order valence-electron chi connectivity index (χ4n) is 2.94. The number of hydrogen-bond acceptors (Lipinski definition) is 3. The lowest BCUT2D eigenvalue weighted by atomic mass is 9.99. The minimum absolute atomic E-state index is 0.0482. The van der Waals surface area contributed by atoms with Crippen molar-refractivity contribution < 1.29 is 22.1 Å². The molecule has 0 fully saturated rings. The summed E-state index contributed by atoms with van der Waals surface area (Å²) in [6, 6.07) is 14.8. The van der Waals surface area contributed by atoms with Gasteiger partial charge in [0.1, 0.15) is 5.69 Å². The van der Waals surface area contributed by atoms with Gasteiger partial charge in [0, 0.05) is 17.5 Å². The van der Waals surface area contributed by atoms with E-state index in [1.807, 2.05) is 30.3 Å². The molecule has 0 unspecified atom stereocenters. The maximum atomic E-state index is 13.0. The van der Waals surface area contributed by atoms with Gasteiger partial charge in [0.2, 0.25) is 0 Å². The summed E-state index contributed by atoms with van der Waals surface area (Å²) in [4.78, 5) is 0. The molecular formula is C24H28F3NO2Si. The maximum absolute atomic E-state index is 13.0. The van der Waals surface area contributed by atoms with Crippen LogP contribution < -0.4 is 0 Å². The van der Waals surface area contributed by atoms with Gasteiger partial charge in [-0.15, -0.1) is 0 Å². The highest BCUT2D eigenvalue weighted by atomic mass is 28.4. The Morgan fingerprint density at radius 3 is 2.10 bits per heavy atom. The van der Waals surface area contributed by atoms with E-state index in [1.165, 1.54) is 12.1 Å². The normalized spacial score (nSPS) is 12.9. The third-order valence-corrected chi connectivity index (χ3v) is 10.4. The second kappa shape index (κ2) is 8.63. The largest absolute Gasteiger partial charge is 0.416 e. The van der Waals surface area contributed by atoms with E-state index in [-0.39, 0.29) is 5.04 Å². The van der Waals surface area contributed by atoms with Crippen LogP contribution in [0, 0.1) is 0 Å². The van der Waals surface area contributed by atoms with E-state index in [0.29, 0.717) is 30.0 Å². The molecule has 0 saturated carbocycles. The first-order chi connectivity index (χ1) is 14.4. The van der Waals surface area contributed by atoms with Crippen LogP contribution in [0.15, 0.2) is 59.1 Å². The van der Waals surface area contributed by atoms with Crippen molar-refractivity contribution in [1.29, 1.82) is 0 Å². The van der Waals surface area contributed by atoms with E-state index >= 15 is 0 Å². The minimum atomic E-state index is -4.38. The molecule has 0 amide bonds. The molecule has 2 aromatic carbocycles. The number of benzene rings is 2. The van der Waals surface area contributed by atoms with Gasteiger partial charge in [0.25, 0.3) is 0 Å². The number of nitrogens with zero attached hydrogens (tertiary/aromatic N) is 1. The second-order valence-electron chi connectivity index (χ2n) is 9.22. The zero-order valence-electron chi connectivity index (χ0n) is 18.5. The Balaban J connectivity index is 1.96. The van der Waals surface area contributed by atoms with Crippen molar-refractivity contribution in [3.63, 3.8) is 0 Å². The second-order valence-corrected chi connectivity index (χ2v) is 14.0. The Morgan fingerprint density at radius 2 is 1.55 bits per heavy atom. The molecule has 1 aromatic heterocycles. The third kappa shape index (κ3) is 5.46. The Bertz CT molecular complexity index is 1000. The topological polar surface area (TPSA) is 35.3 Å². The van der Waals surface area contributed by atoms with E-state index < -0.39 is 20.1 Å². The zero-order chi connectivity index (χ0) is 22.9. The van der Waals surface area contributed by atoms with Gasteiger partial charge in [0.05, 0.1) is 12.2 Å². The molecule has 0 aliphatic heterocycles. The summed E-state index contributed by atoms with van der Waals surface area (Å²) < 4.78 is 50.8. The van der Waals surface area contributed by atoms with E-state index in [2.05, 4.69) is 39.0 Å². The van der Waals surface area contributed by atoms with Crippen LogP contribution in [0.3, 0.4) is 0 Å². The van der Waals surface area contributed by atoms with Gasteiger partial charge in [-0.2, -0.15) is 13.2 Å². The molecule has 0 spiro atoms. The van der Waals surface area contributed by atoms with Crippen LogP contribution in [0.2, 0.25) is 18.1 Å². The van der Waals surface area contributed by atoms with Gasteiger partial charge < -0.3 is 8.95 Å². The van der Waals surface area contributed by atoms with Gasteiger partial charge in [-0.25, -0.2) is 0 Å². The molecule has 0 saturated heterocycles. The first-order valence-corrected chi connectivity index (χ1v) is 13.1. The first kappa shape index (κ1) is 23.3. The van der Waals surface area contributed by atoms with Gasteiger partial charge in [0.15, 0.2) is 14.1 Å². The molecular weight excluding hydrogens is 419 g/mol. The predicted molar refractivity (Wildman–Crippen MR) is 118 cm³/mol. The average Bonchev–Trinajstić information content (AvgIpc) is 3.08. The van der Waals surface area contributed by atoms with Crippen LogP contribution in [0.25, 0.3) is 11.3 Å². The lowest BCUT2D eigenvalue weighted by Crippen LogP contribution is -2.40. The van der Waals surface area contributed by atoms with Crippen LogP contribution >= 0.6 is 0 Å². The van der Waals surface area contributed by atoms with Crippen molar-refractivity contribution in [1.82, 2.24) is 5.16 Å². The molecule has 7 heteroatoms. The minimum Gasteiger partial charge on any atom is -0.411 e.